The minimum atomic E-state index is -2.15. The molecule has 0 bridgehead atoms. The molecule has 2 heterocycles. The molecule has 2 aliphatic heterocycles. The summed E-state index contributed by atoms with van der Waals surface area (Å²) in [5.74, 6) is 0. The molecule has 3 nitrogen and oxygen atoms in total. The van der Waals surface area contributed by atoms with E-state index >= 15 is 0 Å². The van der Waals surface area contributed by atoms with E-state index in [2.05, 4.69) is 35.1 Å². The van der Waals surface area contributed by atoms with Crippen LogP contribution in [0.15, 0.2) is 23.1 Å². The predicted molar refractivity (Wildman–Crippen MR) is 69.5 cm³/mol. The Morgan fingerprint density at radius 2 is 2.44 bits per heavy atom. The first kappa shape index (κ1) is 10.7. The highest BCUT2D eigenvalue weighted by Gasteiger charge is 2.43. The molecule has 2 aliphatic rings. The fraction of sp³-hybridized carbons (Fsp3) is 0.455. The summed E-state index contributed by atoms with van der Waals surface area (Å²) in [5, 5.41) is 3.30. The first-order chi connectivity index (χ1) is 7.63. The number of benzene rings is 1. The topological polar surface area (TPSA) is 32.3 Å². The largest absolute Gasteiger partial charge is 0.337 e. The Balaban J connectivity index is 2.03. The average Bonchev–Trinajstić information content (AvgIpc) is 2.72. The SMILES string of the molecule is CCP1(=O)CN2c3c(C)cccc3SC2N1. The summed E-state index contributed by atoms with van der Waals surface area (Å²) in [7, 11) is -2.15. The van der Waals surface area contributed by atoms with Crippen molar-refractivity contribution in [2.45, 2.75) is 24.2 Å². The second-order valence-electron chi connectivity index (χ2n) is 4.34. The molecule has 0 spiro atoms. The standard InChI is InChI=1S/C11H15N2OPS/c1-3-15(14)7-13-10-8(2)5-4-6-9(10)16-11(13)12-15/h4-6,11H,3,7H2,1-2H3,(H,12,14). The van der Waals surface area contributed by atoms with Crippen LogP contribution in [0, 0.1) is 6.92 Å². The van der Waals surface area contributed by atoms with Crippen molar-refractivity contribution in [3.8, 4) is 0 Å². The summed E-state index contributed by atoms with van der Waals surface area (Å²) >= 11 is 1.78. The van der Waals surface area contributed by atoms with Crippen LogP contribution in [-0.4, -0.2) is 17.9 Å². The first-order valence-electron chi connectivity index (χ1n) is 5.52. The second kappa shape index (κ2) is 3.52. The van der Waals surface area contributed by atoms with E-state index in [4.69, 9.17) is 0 Å². The van der Waals surface area contributed by atoms with Gasteiger partial charge in [-0.2, -0.15) is 0 Å². The van der Waals surface area contributed by atoms with Gasteiger partial charge in [0, 0.05) is 11.1 Å². The molecule has 3 rings (SSSR count). The summed E-state index contributed by atoms with van der Waals surface area (Å²) in [6.07, 6.45) is 1.42. The first-order valence-corrected chi connectivity index (χ1v) is 8.47. The van der Waals surface area contributed by atoms with Crippen molar-refractivity contribution >= 4 is 24.7 Å². The van der Waals surface area contributed by atoms with Crippen molar-refractivity contribution in [2.75, 3.05) is 17.3 Å². The molecule has 1 fully saturated rings. The van der Waals surface area contributed by atoms with Crippen molar-refractivity contribution in [2.24, 2.45) is 0 Å². The molecule has 2 unspecified atom stereocenters. The Hall–Kier alpha value is -0.440. The van der Waals surface area contributed by atoms with E-state index in [0.717, 1.165) is 6.16 Å². The van der Waals surface area contributed by atoms with Gasteiger partial charge in [-0.15, -0.1) is 0 Å². The van der Waals surface area contributed by atoms with Crippen LogP contribution in [0.1, 0.15) is 12.5 Å². The molecule has 0 saturated carbocycles. The third kappa shape index (κ3) is 1.44. The lowest BCUT2D eigenvalue weighted by Gasteiger charge is -2.17. The quantitative estimate of drug-likeness (QED) is 0.781. The Kier molecular flexibility index (Phi) is 2.36. The van der Waals surface area contributed by atoms with Gasteiger partial charge in [-0.1, -0.05) is 30.8 Å². The molecular formula is C11H15N2OPS. The zero-order valence-corrected chi connectivity index (χ0v) is 11.1. The van der Waals surface area contributed by atoms with E-state index in [-0.39, 0.29) is 5.50 Å². The second-order valence-corrected chi connectivity index (χ2v) is 8.41. The molecule has 1 saturated heterocycles. The molecule has 5 heteroatoms. The molecule has 2 atom stereocenters. The monoisotopic (exact) mass is 254 g/mol. The van der Waals surface area contributed by atoms with E-state index in [1.165, 1.54) is 16.1 Å². The molecule has 1 aromatic carbocycles. The Morgan fingerprint density at radius 3 is 3.19 bits per heavy atom. The van der Waals surface area contributed by atoms with E-state index in [1.807, 2.05) is 6.92 Å². The lowest BCUT2D eigenvalue weighted by atomic mass is 10.2. The molecule has 1 aromatic rings. The number of rotatable bonds is 1. The highest BCUT2D eigenvalue weighted by atomic mass is 32.2. The van der Waals surface area contributed by atoms with Crippen LogP contribution in [0.25, 0.3) is 0 Å². The Bertz CT molecular complexity index is 491. The van der Waals surface area contributed by atoms with Gasteiger partial charge >= 0.3 is 0 Å². The van der Waals surface area contributed by atoms with E-state index in [9.17, 15) is 4.57 Å². The van der Waals surface area contributed by atoms with E-state index in [1.54, 1.807) is 11.8 Å². The van der Waals surface area contributed by atoms with Gasteiger partial charge < -0.3 is 9.46 Å². The summed E-state index contributed by atoms with van der Waals surface area (Å²) < 4.78 is 12.4. The van der Waals surface area contributed by atoms with Gasteiger partial charge in [0.1, 0.15) is 5.50 Å². The van der Waals surface area contributed by atoms with Gasteiger partial charge in [0.25, 0.3) is 0 Å². The molecule has 16 heavy (non-hydrogen) atoms. The summed E-state index contributed by atoms with van der Waals surface area (Å²) in [6.45, 7) is 4.12. The normalized spacial score (nSPS) is 31.6. The molecule has 86 valence electrons. The number of nitrogens with one attached hydrogen (secondary N) is 1. The van der Waals surface area contributed by atoms with Crippen molar-refractivity contribution < 1.29 is 4.57 Å². The molecule has 0 aromatic heterocycles. The zero-order valence-electron chi connectivity index (χ0n) is 9.43. The van der Waals surface area contributed by atoms with Crippen LogP contribution >= 0.6 is 19.1 Å². The van der Waals surface area contributed by atoms with E-state index in [0.29, 0.717) is 6.29 Å². The molecule has 1 N–H and O–H groups in total. The van der Waals surface area contributed by atoms with Crippen molar-refractivity contribution in [1.29, 1.82) is 0 Å². The fourth-order valence-electron chi connectivity index (χ4n) is 2.32. The van der Waals surface area contributed by atoms with Crippen LogP contribution in [0.2, 0.25) is 0 Å². The van der Waals surface area contributed by atoms with Gasteiger partial charge in [-0.05, 0) is 18.6 Å². The van der Waals surface area contributed by atoms with Crippen LogP contribution in [0.5, 0.6) is 0 Å². The maximum Gasteiger partial charge on any atom is 0.168 e. The highest BCUT2D eigenvalue weighted by Crippen LogP contribution is 2.57. The maximum absolute atomic E-state index is 12.4. The van der Waals surface area contributed by atoms with Crippen molar-refractivity contribution in [3.63, 3.8) is 0 Å². The number of fused-ring (bicyclic) bond motifs is 3. The van der Waals surface area contributed by atoms with Gasteiger partial charge in [-0.3, -0.25) is 0 Å². The van der Waals surface area contributed by atoms with Gasteiger partial charge in [0.2, 0.25) is 0 Å². The number of para-hydroxylation sites is 1. The summed E-state index contributed by atoms with van der Waals surface area (Å²) in [5.41, 5.74) is 2.73. The summed E-state index contributed by atoms with van der Waals surface area (Å²) in [4.78, 5) is 3.57. The maximum atomic E-state index is 12.4. The molecule has 0 amide bonds. The number of hydrogen-bond donors (Lipinski definition) is 1. The zero-order chi connectivity index (χ0) is 11.3. The number of anilines is 1. The Labute approximate surface area is 100 Å². The number of hydrogen-bond acceptors (Lipinski definition) is 3. The van der Waals surface area contributed by atoms with Crippen LogP contribution in [0.3, 0.4) is 0 Å². The molecule has 0 aliphatic carbocycles. The minimum absolute atomic E-state index is 0.182. The number of nitrogens with zero attached hydrogens (tertiary/aromatic N) is 1. The highest BCUT2D eigenvalue weighted by molar-refractivity contribution is 8.01. The third-order valence-corrected chi connectivity index (χ3v) is 7.10. The number of thioether (sulfide) groups is 1. The van der Waals surface area contributed by atoms with Crippen molar-refractivity contribution in [1.82, 2.24) is 5.09 Å². The number of aryl methyl sites for hydroxylation is 1. The fourth-order valence-corrected chi connectivity index (χ4v) is 6.11. The van der Waals surface area contributed by atoms with Gasteiger partial charge in [0.15, 0.2) is 7.29 Å². The Morgan fingerprint density at radius 1 is 1.62 bits per heavy atom. The van der Waals surface area contributed by atoms with Crippen LogP contribution in [-0.2, 0) is 4.57 Å². The van der Waals surface area contributed by atoms with Crippen LogP contribution in [0.4, 0.5) is 5.69 Å². The lowest BCUT2D eigenvalue weighted by molar-refractivity contribution is 0.573. The van der Waals surface area contributed by atoms with Gasteiger partial charge in [0.05, 0.1) is 12.0 Å². The molecule has 0 radical (unpaired) electrons. The third-order valence-electron chi connectivity index (χ3n) is 3.25. The van der Waals surface area contributed by atoms with Crippen LogP contribution < -0.4 is 9.99 Å². The average molecular weight is 254 g/mol. The van der Waals surface area contributed by atoms with Crippen molar-refractivity contribution in [3.05, 3.63) is 23.8 Å². The van der Waals surface area contributed by atoms with E-state index < -0.39 is 7.29 Å². The molecular weight excluding hydrogens is 239 g/mol. The van der Waals surface area contributed by atoms with Gasteiger partial charge in [-0.25, -0.2) is 5.09 Å². The lowest BCUT2D eigenvalue weighted by Crippen LogP contribution is -2.28. The smallest absolute Gasteiger partial charge is 0.168 e. The predicted octanol–water partition coefficient (Wildman–Crippen LogP) is 3.05. The minimum Gasteiger partial charge on any atom is -0.337 e. The summed E-state index contributed by atoms with van der Waals surface area (Å²) in [6, 6.07) is 6.35.